The first-order valence-corrected chi connectivity index (χ1v) is 10.7. The van der Waals surface area contributed by atoms with Gasteiger partial charge in [0.1, 0.15) is 16.5 Å². The van der Waals surface area contributed by atoms with Crippen LogP contribution in [0, 0.1) is 0 Å². The number of allylic oxidation sites excluding steroid dienone is 1. The number of phenols is 1. The monoisotopic (exact) mass is 421 g/mol. The van der Waals surface area contributed by atoms with E-state index in [1.54, 1.807) is 17.4 Å². The van der Waals surface area contributed by atoms with Gasteiger partial charge in [-0.05, 0) is 30.5 Å². The lowest BCUT2D eigenvalue weighted by atomic mass is 9.96. The summed E-state index contributed by atoms with van der Waals surface area (Å²) in [7, 11) is 0. The molecule has 4 rings (SSSR count). The third-order valence-electron chi connectivity index (χ3n) is 5.79. The van der Waals surface area contributed by atoms with Crippen molar-refractivity contribution in [2.75, 3.05) is 11.9 Å². The highest BCUT2D eigenvalue weighted by molar-refractivity contribution is 7.16. The summed E-state index contributed by atoms with van der Waals surface area (Å²) in [5.74, 6) is 0.383. The molecule has 156 valence electrons. The Hall–Kier alpha value is -2.96. The minimum Gasteiger partial charge on any atom is -0.508 e. The molecule has 0 radical (unpaired) electrons. The van der Waals surface area contributed by atoms with Crippen LogP contribution in [0.3, 0.4) is 0 Å². The van der Waals surface area contributed by atoms with E-state index in [-0.39, 0.29) is 11.8 Å². The molecule has 1 atom stereocenters. The van der Waals surface area contributed by atoms with Crippen molar-refractivity contribution in [3.8, 4) is 5.75 Å². The van der Waals surface area contributed by atoms with Gasteiger partial charge in [0.2, 0.25) is 0 Å². The van der Waals surface area contributed by atoms with Crippen LogP contribution in [0.25, 0.3) is 11.5 Å². The lowest BCUT2D eigenvalue weighted by Gasteiger charge is -2.30. The maximum absolute atomic E-state index is 10.3. The zero-order valence-electron chi connectivity index (χ0n) is 17.2. The SMILES string of the molecule is C=C(C)C(=C)Nc1sc2c(c1C(=C)O)CC(CN1Cc3c(O)cccc3C1=C)NC2. The molecule has 1 unspecified atom stereocenters. The van der Waals surface area contributed by atoms with Crippen molar-refractivity contribution in [2.24, 2.45) is 0 Å². The molecule has 2 aliphatic rings. The Morgan fingerprint density at radius 1 is 1.30 bits per heavy atom. The van der Waals surface area contributed by atoms with Crippen LogP contribution in [0.15, 0.2) is 55.8 Å². The van der Waals surface area contributed by atoms with E-state index in [0.29, 0.717) is 12.3 Å². The fraction of sp³-hybridized carbons (Fsp3) is 0.250. The number of fused-ring (bicyclic) bond motifs is 2. The third kappa shape index (κ3) is 3.53. The molecule has 0 fully saturated rings. The van der Waals surface area contributed by atoms with Crippen molar-refractivity contribution in [3.63, 3.8) is 0 Å². The number of thiophene rings is 1. The normalized spacial score (nSPS) is 17.4. The average molecular weight is 422 g/mol. The Bertz CT molecular complexity index is 1080. The van der Waals surface area contributed by atoms with Crippen LogP contribution in [-0.4, -0.2) is 27.7 Å². The number of hydrogen-bond acceptors (Lipinski definition) is 6. The number of aromatic hydroxyl groups is 1. The van der Waals surface area contributed by atoms with E-state index in [0.717, 1.165) is 63.7 Å². The van der Waals surface area contributed by atoms with Crippen LogP contribution in [-0.2, 0) is 19.5 Å². The first-order chi connectivity index (χ1) is 14.3. The highest BCUT2D eigenvalue weighted by Gasteiger charge is 2.31. The van der Waals surface area contributed by atoms with Gasteiger partial charge in [-0.25, -0.2) is 0 Å². The maximum Gasteiger partial charge on any atom is 0.121 e. The van der Waals surface area contributed by atoms with E-state index in [2.05, 4.69) is 41.8 Å². The molecule has 0 spiro atoms. The summed E-state index contributed by atoms with van der Waals surface area (Å²) in [6.07, 6.45) is 0.772. The summed E-state index contributed by atoms with van der Waals surface area (Å²) in [5, 5.41) is 28.2. The topological polar surface area (TPSA) is 67.8 Å². The Labute approximate surface area is 181 Å². The van der Waals surface area contributed by atoms with Gasteiger partial charge >= 0.3 is 0 Å². The quantitative estimate of drug-likeness (QED) is 0.391. The van der Waals surface area contributed by atoms with Crippen LogP contribution < -0.4 is 10.6 Å². The molecular formula is C24H27N3O2S. The predicted molar refractivity (Wildman–Crippen MR) is 125 cm³/mol. The number of nitrogens with one attached hydrogen (secondary N) is 2. The molecule has 3 heterocycles. The zero-order chi connectivity index (χ0) is 21.6. The molecule has 0 bridgehead atoms. The molecule has 6 heteroatoms. The molecular weight excluding hydrogens is 394 g/mol. The number of rotatable bonds is 6. The first-order valence-electron chi connectivity index (χ1n) is 9.89. The van der Waals surface area contributed by atoms with Crippen LogP contribution in [0.1, 0.15) is 34.1 Å². The summed E-state index contributed by atoms with van der Waals surface area (Å²) < 4.78 is 0. The second-order valence-corrected chi connectivity index (χ2v) is 9.06. The average Bonchev–Trinajstić information content (AvgIpc) is 3.20. The summed E-state index contributed by atoms with van der Waals surface area (Å²) in [5.41, 5.74) is 6.35. The second kappa shape index (κ2) is 7.70. The van der Waals surface area contributed by atoms with Gasteiger partial charge in [-0.3, -0.25) is 0 Å². The number of phenolic OH excluding ortho intramolecular Hbond substituents is 1. The highest BCUT2D eigenvalue weighted by atomic mass is 32.1. The standard InChI is InChI=1S/C24H27N3O2S/c1-13(2)14(3)26-24-23(16(5)28)19-9-17(25-10-22(19)30-24)11-27-12-20-18(15(27)4)7-6-8-21(20)29/h6-8,17,25-26,28-29H,1,3-5,9-12H2,2H3. The zero-order valence-corrected chi connectivity index (χ0v) is 18.0. The number of anilines is 1. The van der Waals surface area contributed by atoms with Gasteiger partial charge in [-0.15, -0.1) is 11.3 Å². The predicted octanol–water partition coefficient (Wildman–Crippen LogP) is 4.98. The molecule has 0 saturated carbocycles. The van der Waals surface area contributed by atoms with E-state index >= 15 is 0 Å². The third-order valence-corrected chi connectivity index (χ3v) is 6.94. The van der Waals surface area contributed by atoms with E-state index < -0.39 is 0 Å². The van der Waals surface area contributed by atoms with E-state index in [1.165, 1.54) is 4.88 Å². The summed E-state index contributed by atoms with van der Waals surface area (Å²) in [6, 6.07) is 5.77. The molecule has 2 aliphatic heterocycles. The lowest BCUT2D eigenvalue weighted by Crippen LogP contribution is -2.42. The summed E-state index contributed by atoms with van der Waals surface area (Å²) in [6.45, 7) is 20.0. The van der Waals surface area contributed by atoms with E-state index in [4.69, 9.17) is 0 Å². The number of benzene rings is 1. The van der Waals surface area contributed by atoms with Crippen LogP contribution in [0.4, 0.5) is 5.00 Å². The van der Waals surface area contributed by atoms with Gasteiger partial charge in [0.25, 0.3) is 0 Å². The largest absolute Gasteiger partial charge is 0.508 e. The van der Waals surface area contributed by atoms with E-state index in [1.807, 2.05) is 19.1 Å². The fourth-order valence-electron chi connectivity index (χ4n) is 4.10. The highest BCUT2D eigenvalue weighted by Crippen LogP contribution is 2.41. The minimum atomic E-state index is 0.0630. The number of nitrogens with zero attached hydrogens (tertiary/aromatic N) is 1. The lowest BCUT2D eigenvalue weighted by molar-refractivity contribution is 0.327. The van der Waals surface area contributed by atoms with Gasteiger partial charge in [0, 0.05) is 53.1 Å². The summed E-state index contributed by atoms with van der Waals surface area (Å²) in [4.78, 5) is 3.39. The molecule has 1 aromatic carbocycles. The van der Waals surface area contributed by atoms with Gasteiger partial charge in [-0.1, -0.05) is 38.4 Å². The Morgan fingerprint density at radius 3 is 2.73 bits per heavy atom. The van der Waals surface area contributed by atoms with Gasteiger partial charge < -0.3 is 25.7 Å². The molecule has 5 nitrogen and oxygen atoms in total. The van der Waals surface area contributed by atoms with Crippen molar-refractivity contribution >= 4 is 27.8 Å². The van der Waals surface area contributed by atoms with Crippen molar-refractivity contribution in [2.45, 2.75) is 32.5 Å². The van der Waals surface area contributed by atoms with Crippen molar-refractivity contribution in [1.82, 2.24) is 10.2 Å². The van der Waals surface area contributed by atoms with Crippen LogP contribution in [0.5, 0.6) is 5.75 Å². The van der Waals surface area contributed by atoms with Crippen molar-refractivity contribution in [3.05, 3.63) is 82.9 Å². The smallest absolute Gasteiger partial charge is 0.121 e. The maximum atomic E-state index is 10.3. The van der Waals surface area contributed by atoms with Crippen molar-refractivity contribution in [1.29, 1.82) is 0 Å². The fourth-order valence-corrected chi connectivity index (χ4v) is 5.33. The van der Waals surface area contributed by atoms with Crippen LogP contribution >= 0.6 is 11.3 Å². The molecule has 2 aromatic rings. The minimum absolute atomic E-state index is 0.0630. The molecule has 30 heavy (non-hydrogen) atoms. The van der Waals surface area contributed by atoms with Gasteiger partial charge in [-0.2, -0.15) is 0 Å². The number of aliphatic hydroxyl groups excluding tert-OH is 1. The first kappa shape index (κ1) is 20.3. The number of aliphatic hydroxyl groups is 1. The van der Waals surface area contributed by atoms with Gasteiger partial charge in [0.15, 0.2) is 0 Å². The van der Waals surface area contributed by atoms with Crippen LogP contribution in [0.2, 0.25) is 0 Å². The van der Waals surface area contributed by atoms with E-state index in [9.17, 15) is 10.2 Å². The van der Waals surface area contributed by atoms with Gasteiger partial charge in [0.05, 0.1) is 5.56 Å². The molecule has 4 N–H and O–H groups in total. The Balaban J connectivity index is 1.54. The Morgan fingerprint density at radius 2 is 2.07 bits per heavy atom. The number of hydrogen-bond donors (Lipinski definition) is 4. The molecule has 0 saturated heterocycles. The second-order valence-electron chi connectivity index (χ2n) is 7.95. The van der Waals surface area contributed by atoms with Crippen molar-refractivity contribution < 1.29 is 10.2 Å². The molecule has 0 aliphatic carbocycles. The molecule has 0 amide bonds. The summed E-state index contributed by atoms with van der Waals surface area (Å²) >= 11 is 1.61. The molecule has 1 aromatic heterocycles. The Kier molecular flexibility index (Phi) is 5.22.